The molecule has 1 saturated carbocycles. The lowest BCUT2D eigenvalue weighted by Gasteiger charge is -2.22. The number of fused-ring (bicyclic) bond motifs is 1. The average molecular weight is 241 g/mol. The molecule has 0 amide bonds. The van der Waals surface area contributed by atoms with Gasteiger partial charge in [0.15, 0.2) is 0 Å². The van der Waals surface area contributed by atoms with Crippen molar-refractivity contribution in [2.45, 2.75) is 44.6 Å². The molecule has 1 fully saturated rings. The van der Waals surface area contributed by atoms with Gasteiger partial charge in [0.1, 0.15) is 0 Å². The Kier molecular flexibility index (Phi) is 3.28. The first kappa shape index (κ1) is 11.7. The minimum atomic E-state index is 0.0679. The van der Waals surface area contributed by atoms with E-state index in [0.29, 0.717) is 5.92 Å². The summed E-state index contributed by atoms with van der Waals surface area (Å²) in [6.45, 7) is 0.0679. The highest BCUT2D eigenvalue weighted by Crippen LogP contribution is 2.35. The first-order chi connectivity index (χ1) is 8.90. The van der Waals surface area contributed by atoms with Crippen LogP contribution in [0, 0.1) is 0 Å². The Morgan fingerprint density at radius 1 is 1.06 bits per heavy atom. The van der Waals surface area contributed by atoms with Crippen LogP contribution in [-0.2, 0) is 6.61 Å². The lowest BCUT2D eigenvalue weighted by Crippen LogP contribution is -2.07. The molecular weight excluding hydrogens is 222 g/mol. The van der Waals surface area contributed by atoms with Crippen LogP contribution in [0.5, 0.6) is 0 Å². The maximum absolute atomic E-state index is 9.40. The minimum Gasteiger partial charge on any atom is -0.392 e. The Hall–Kier alpha value is -1.41. The van der Waals surface area contributed by atoms with Crippen LogP contribution in [0.15, 0.2) is 30.5 Å². The molecule has 0 aliphatic heterocycles. The van der Waals surface area contributed by atoms with Gasteiger partial charge in [0, 0.05) is 23.1 Å². The molecule has 94 valence electrons. The summed E-state index contributed by atoms with van der Waals surface area (Å²) in [7, 11) is 0. The van der Waals surface area contributed by atoms with Gasteiger partial charge in [-0.3, -0.25) is 4.98 Å². The Balaban J connectivity index is 2.12. The summed E-state index contributed by atoms with van der Waals surface area (Å²) >= 11 is 0. The Morgan fingerprint density at radius 2 is 1.78 bits per heavy atom. The monoisotopic (exact) mass is 241 g/mol. The minimum absolute atomic E-state index is 0.0679. The number of hydrogen-bond acceptors (Lipinski definition) is 2. The van der Waals surface area contributed by atoms with Crippen molar-refractivity contribution >= 4 is 10.8 Å². The molecule has 2 heteroatoms. The van der Waals surface area contributed by atoms with Crippen LogP contribution in [0.2, 0.25) is 0 Å². The number of pyridine rings is 1. The summed E-state index contributed by atoms with van der Waals surface area (Å²) in [5.74, 6) is 0.608. The molecule has 1 aliphatic carbocycles. The molecule has 2 aromatic rings. The summed E-state index contributed by atoms with van der Waals surface area (Å²) < 4.78 is 0. The van der Waals surface area contributed by atoms with Crippen molar-refractivity contribution in [3.63, 3.8) is 0 Å². The van der Waals surface area contributed by atoms with Crippen LogP contribution in [0.1, 0.15) is 49.3 Å². The molecule has 1 aromatic heterocycles. The zero-order valence-electron chi connectivity index (χ0n) is 10.6. The van der Waals surface area contributed by atoms with Gasteiger partial charge in [0.2, 0.25) is 0 Å². The van der Waals surface area contributed by atoms with E-state index in [2.05, 4.69) is 23.2 Å². The summed E-state index contributed by atoms with van der Waals surface area (Å²) in [5, 5.41) is 11.8. The van der Waals surface area contributed by atoms with Crippen molar-refractivity contribution in [3.8, 4) is 0 Å². The molecule has 0 bridgehead atoms. The highest BCUT2D eigenvalue weighted by Gasteiger charge is 2.19. The van der Waals surface area contributed by atoms with Gasteiger partial charge in [0.25, 0.3) is 0 Å². The number of benzene rings is 1. The van der Waals surface area contributed by atoms with E-state index in [-0.39, 0.29) is 6.61 Å². The Morgan fingerprint density at radius 3 is 2.50 bits per heavy atom. The van der Waals surface area contributed by atoms with Crippen LogP contribution >= 0.6 is 0 Å². The number of nitrogens with zero attached hydrogens (tertiary/aromatic N) is 1. The molecule has 0 atom stereocenters. The molecule has 2 nitrogen and oxygen atoms in total. The van der Waals surface area contributed by atoms with Gasteiger partial charge >= 0.3 is 0 Å². The van der Waals surface area contributed by atoms with Gasteiger partial charge in [0.05, 0.1) is 12.3 Å². The third-order valence-corrected chi connectivity index (χ3v) is 4.07. The average Bonchev–Trinajstić information content (AvgIpc) is 2.47. The molecule has 1 aromatic carbocycles. The van der Waals surface area contributed by atoms with Crippen LogP contribution in [0.25, 0.3) is 10.8 Å². The van der Waals surface area contributed by atoms with Crippen LogP contribution in [-0.4, -0.2) is 10.1 Å². The molecule has 0 spiro atoms. The van der Waals surface area contributed by atoms with Crippen molar-refractivity contribution in [1.82, 2.24) is 4.98 Å². The second-order valence-electron chi connectivity index (χ2n) is 5.21. The van der Waals surface area contributed by atoms with Gasteiger partial charge in [-0.2, -0.15) is 0 Å². The molecule has 18 heavy (non-hydrogen) atoms. The zero-order chi connectivity index (χ0) is 12.4. The van der Waals surface area contributed by atoms with Crippen LogP contribution in [0.3, 0.4) is 0 Å². The molecular formula is C16H19NO. The molecule has 1 heterocycles. The lowest BCUT2D eigenvalue weighted by atomic mass is 9.84. The van der Waals surface area contributed by atoms with Gasteiger partial charge < -0.3 is 5.11 Å². The van der Waals surface area contributed by atoms with E-state index in [1.54, 1.807) is 0 Å². The summed E-state index contributed by atoms with van der Waals surface area (Å²) in [6.07, 6.45) is 8.38. The van der Waals surface area contributed by atoms with E-state index >= 15 is 0 Å². The van der Waals surface area contributed by atoms with Crippen molar-refractivity contribution in [3.05, 3.63) is 41.7 Å². The van der Waals surface area contributed by atoms with E-state index in [4.69, 9.17) is 0 Å². The molecule has 3 rings (SSSR count). The number of rotatable bonds is 2. The van der Waals surface area contributed by atoms with Crippen molar-refractivity contribution in [1.29, 1.82) is 0 Å². The van der Waals surface area contributed by atoms with Crippen molar-refractivity contribution in [2.75, 3.05) is 0 Å². The van der Waals surface area contributed by atoms with Crippen molar-refractivity contribution < 1.29 is 5.11 Å². The number of hydrogen-bond donors (Lipinski definition) is 1. The topological polar surface area (TPSA) is 33.1 Å². The standard InChI is InChI=1S/C16H19NO/c18-11-13-10-17-16(12-6-2-1-3-7-12)15-9-5-4-8-14(13)15/h4-5,8-10,12,18H,1-3,6-7,11H2. The Bertz CT molecular complexity index is 544. The van der Waals surface area contributed by atoms with Crippen molar-refractivity contribution in [2.24, 2.45) is 0 Å². The third kappa shape index (κ3) is 2.01. The molecule has 1 N–H and O–H groups in total. The largest absolute Gasteiger partial charge is 0.392 e. The van der Waals surface area contributed by atoms with Crippen LogP contribution < -0.4 is 0 Å². The number of aliphatic hydroxyl groups excluding tert-OH is 1. The van der Waals surface area contributed by atoms with E-state index in [9.17, 15) is 5.11 Å². The molecule has 1 aliphatic rings. The normalized spacial score (nSPS) is 17.2. The summed E-state index contributed by atoms with van der Waals surface area (Å²) in [6, 6.07) is 8.34. The molecule has 0 saturated heterocycles. The fourth-order valence-corrected chi connectivity index (χ4v) is 3.10. The number of aromatic nitrogens is 1. The molecule has 0 radical (unpaired) electrons. The van der Waals surface area contributed by atoms with Gasteiger partial charge in [-0.1, -0.05) is 43.5 Å². The highest BCUT2D eigenvalue weighted by atomic mass is 16.3. The third-order valence-electron chi connectivity index (χ3n) is 4.07. The first-order valence-corrected chi connectivity index (χ1v) is 6.87. The smallest absolute Gasteiger partial charge is 0.0702 e. The van der Waals surface area contributed by atoms with E-state index in [0.717, 1.165) is 10.9 Å². The quantitative estimate of drug-likeness (QED) is 0.868. The van der Waals surface area contributed by atoms with E-state index in [1.165, 1.54) is 43.2 Å². The number of aliphatic hydroxyl groups is 1. The van der Waals surface area contributed by atoms with Gasteiger partial charge in [-0.25, -0.2) is 0 Å². The predicted octanol–water partition coefficient (Wildman–Crippen LogP) is 3.77. The zero-order valence-corrected chi connectivity index (χ0v) is 10.6. The fourth-order valence-electron chi connectivity index (χ4n) is 3.10. The second kappa shape index (κ2) is 5.07. The van der Waals surface area contributed by atoms with E-state index in [1.807, 2.05) is 12.3 Å². The second-order valence-corrected chi connectivity index (χ2v) is 5.21. The van der Waals surface area contributed by atoms with Gasteiger partial charge in [-0.15, -0.1) is 0 Å². The maximum atomic E-state index is 9.40. The maximum Gasteiger partial charge on any atom is 0.0702 e. The van der Waals surface area contributed by atoms with Gasteiger partial charge in [-0.05, 0) is 18.2 Å². The summed E-state index contributed by atoms with van der Waals surface area (Å²) in [4.78, 5) is 4.64. The molecule has 0 unspecified atom stereocenters. The van der Waals surface area contributed by atoms with Crippen LogP contribution in [0.4, 0.5) is 0 Å². The Labute approximate surface area is 108 Å². The first-order valence-electron chi connectivity index (χ1n) is 6.87. The lowest BCUT2D eigenvalue weighted by molar-refractivity contribution is 0.283. The SMILES string of the molecule is OCc1cnc(C2CCCCC2)c2ccccc12. The highest BCUT2D eigenvalue weighted by molar-refractivity contribution is 5.87. The fraction of sp³-hybridized carbons (Fsp3) is 0.438. The predicted molar refractivity (Wildman–Crippen MR) is 73.5 cm³/mol. The summed E-state index contributed by atoms with van der Waals surface area (Å²) in [5.41, 5.74) is 2.17. The van der Waals surface area contributed by atoms with E-state index < -0.39 is 0 Å².